The molecule has 314 valence electrons. The predicted octanol–water partition coefficient (Wildman–Crippen LogP) is 1.78. The van der Waals surface area contributed by atoms with Crippen molar-refractivity contribution in [3.63, 3.8) is 0 Å². The molecule has 8 N–H and O–H groups in total. The van der Waals surface area contributed by atoms with Crippen molar-refractivity contribution in [1.82, 2.24) is 0 Å². The highest BCUT2D eigenvalue weighted by Gasteiger charge is 2.79. The van der Waals surface area contributed by atoms with Gasteiger partial charge < -0.3 is 64.5 Å². The zero-order valence-electron chi connectivity index (χ0n) is 33.7. The molecular weight excluding hydrogens is 712 g/mol. The number of aliphatic hydroxyl groups excluding tert-OH is 8. The maximum absolute atomic E-state index is 11.9. The third kappa shape index (κ3) is 5.44. The molecule has 55 heavy (non-hydrogen) atoms. The molecule has 7 fully saturated rings. The summed E-state index contributed by atoms with van der Waals surface area (Å²) in [4.78, 5) is 0. The Morgan fingerprint density at radius 1 is 0.727 bits per heavy atom. The van der Waals surface area contributed by atoms with E-state index in [1.54, 1.807) is 6.92 Å². The lowest BCUT2D eigenvalue weighted by Gasteiger charge is -2.73. The van der Waals surface area contributed by atoms with Gasteiger partial charge in [-0.2, -0.15) is 0 Å². The van der Waals surface area contributed by atoms with Crippen molar-refractivity contribution in [2.24, 2.45) is 50.2 Å². The first-order valence-corrected chi connectivity index (χ1v) is 20.9. The van der Waals surface area contributed by atoms with Crippen molar-refractivity contribution in [3.8, 4) is 0 Å². The third-order valence-electron chi connectivity index (χ3n) is 17.9. The molecule has 1 spiro atoms. The van der Waals surface area contributed by atoms with Gasteiger partial charge >= 0.3 is 0 Å². The highest BCUT2D eigenvalue weighted by molar-refractivity contribution is 5.36. The van der Waals surface area contributed by atoms with Crippen LogP contribution >= 0.6 is 0 Å². The fourth-order valence-electron chi connectivity index (χ4n) is 14.2. The van der Waals surface area contributed by atoms with Crippen LogP contribution in [0.3, 0.4) is 0 Å². The SMILES string of the molecule is C[C@@H]1O[C@@H](O[C@H]2C[C@]3(C)C4(C=CC5[C@@]6(C)CC[C@H](O)C(C)(CO)C6CC[C@]53C)OCC23CCC(C)(C)CC34)[C@@H](O)[C@H](O[C@@H]2O[C@H](CO)[C@@H](O)[C@H](O)[C@H]2O)[C@@H]1O. The lowest BCUT2D eigenvalue weighted by Crippen LogP contribution is -2.73. The van der Waals surface area contributed by atoms with Gasteiger partial charge in [-0.05, 0) is 86.4 Å². The number of hydrogen-bond acceptors (Lipinski definition) is 13. The van der Waals surface area contributed by atoms with Crippen LogP contribution < -0.4 is 0 Å². The third-order valence-corrected chi connectivity index (χ3v) is 17.9. The smallest absolute Gasteiger partial charge is 0.187 e. The fraction of sp³-hybridized carbons (Fsp3) is 0.952. The second kappa shape index (κ2) is 13.4. The van der Waals surface area contributed by atoms with E-state index in [2.05, 4.69) is 53.7 Å². The number of allylic oxidation sites excluding steroid dienone is 1. The molecule has 5 aliphatic carbocycles. The summed E-state index contributed by atoms with van der Waals surface area (Å²) in [7, 11) is 0. The molecule has 0 aromatic carbocycles. The molecule has 4 saturated carbocycles. The van der Waals surface area contributed by atoms with Crippen LogP contribution in [-0.2, 0) is 23.7 Å². The predicted molar refractivity (Wildman–Crippen MR) is 197 cm³/mol. The Morgan fingerprint density at radius 3 is 2.13 bits per heavy atom. The van der Waals surface area contributed by atoms with E-state index in [-0.39, 0.29) is 46.0 Å². The maximum atomic E-state index is 11.9. The molecule has 8 rings (SSSR count). The number of fused-ring (bicyclic) bond motifs is 4. The quantitative estimate of drug-likeness (QED) is 0.181. The average molecular weight is 781 g/mol. The Kier molecular flexibility index (Phi) is 9.95. The molecule has 13 heteroatoms. The van der Waals surface area contributed by atoms with E-state index in [9.17, 15) is 40.9 Å². The number of rotatable bonds is 6. The number of hydrogen-bond donors (Lipinski definition) is 8. The highest BCUT2D eigenvalue weighted by Crippen LogP contribution is 2.79. The Labute approximate surface area is 325 Å². The molecule has 0 aromatic heterocycles. The van der Waals surface area contributed by atoms with Gasteiger partial charge in [0.2, 0.25) is 0 Å². The van der Waals surface area contributed by atoms with Gasteiger partial charge in [-0.3, -0.25) is 0 Å². The van der Waals surface area contributed by atoms with E-state index in [1.807, 2.05) is 0 Å². The van der Waals surface area contributed by atoms with Gasteiger partial charge in [-0.25, -0.2) is 0 Å². The molecule has 8 aliphatic rings. The molecule has 0 amide bonds. The van der Waals surface area contributed by atoms with Gasteiger partial charge in [0, 0.05) is 22.2 Å². The van der Waals surface area contributed by atoms with Gasteiger partial charge in [0.05, 0.1) is 43.7 Å². The molecule has 2 bridgehead atoms. The second-order valence-corrected chi connectivity index (χ2v) is 21.0. The molecule has 6 unspecified atom stereocenters. The summed E-state index contributed by atoms with van der Waals surface area (Å²) < 4.78 is 32.3. The van der Waals surface area contributed by atoms with Crippen LogP contribution in [0, 0.1) is 50.2 Å². The van der Waals surface area contributed by atoms with E-state index in [1.165, 1.54) is 0 Å². The number of aliphatic hydroxyl groups is 8. The van der Waals surface area contributed by atoms with Crippen LogP contribution in [0.15, 0.2) is 12.2 Å². The Bertz CT molecular complexity index is 1490. The van der Waals surface area contributed by atoms with Crippen molar-refractivity contribution in [3.05, 3.63) is 12.2 Å². The Hall–Kier alpha value is -0.780. The second-order valence-electron chi connectivity index (χ2n) is 21.0. The van der Waals surface area contributed by atoms with E-state index in [4.69, 9.17) is 23.7 Å². The summed E-state index contributed by atoms with van der Waals surface area (Å²) >= 11 is 0. The van der Waals surface area contributed by atoms with Gasteiger partial charge in [0.1, 0.15) is 42.7 Å². The summed E-state index contributed by atoms with van der Waals surface area (Å²) in [6, 6.07) is 0. The lowest BCUT2D eigenvalue weighted by molar-refractivity contribution is -0.368. The topological polar surface area (TPSA) is 208 Å². The first-order valence-electron chi connectivity index (χ1n) is 20.9. The summed E-state index contributed by atoms with van der Waals surface area (Å²) in [6.45, 7) is 15.4. The molecule has 3 aliphatic heterocycles. The molecule has 13 nitrogen and oxygen atoms in total. The Morgan fingerprint density at radius 2 is 1.44 bits per heavy atom. The van der Waals surface area contributed by atoms with Crippen LogP contribution in [0.2, 0.25) is 0 Å². The normalized spacial score (nSPS) is 59.7. The van der Waals surface area contributed by atoms with Crippen molar-refractivity contribution in [1.29, 1.82) is 0 Å². The van der Waals surface area contributed by atoms with Crippen LogP contribution in [0.5, 0.6) is 0 Å². The zero-order valence-corrected chi connectivity index (χ0v) is 33.7. The molecular formula is C42H68O13. The van der Waals surface area contributed by atoms with E-state index >= 15 is 0 Å². The lowest BCUT2D eigenvalue weighted by atomic mass is 9.32. The molecule has 3 heterocycles. The van der Waals surface area contributed by atoms with Gasteiger partial charge in [0.25, 0.3) is 0 Å². The van der Waals surface area contributed by atoms with Gasteiger partial charge in [-0.1, -0.05) is 53.7 Å². The van der Waals surface area contributed by atoms with E-state index in [0.717, 1.165) is 38.5 Å². The molecule has 3 saturated heterocycles. The maximum Gasteiger partial charge on any atom is 0.187 e. The molecule has 0 radical (unpaired) electrons. The van der Waals surface area contributed by atoms with Crippen LogP contribution in [-0.4, -0.2) is 140 Å². The van der Waals surface area contributed by atoms with E-state index < -0.39 is 96.7 Å². The largest absolute Gasteiger partial charge is 0.396 e. The first kappa shape index (κ1) is 41.0. The van der Waals surface area contributed by atoms with Crippen molar-refractivity contribution >= 4 is 0 Å². The molecule has 0 aromatic rings. The van der Waals surface area contributed by atoms with E-state index in [0.29, 0.717) is 19.4 Å². The standard InChI is InChI=1S/C42H68O13/c1-21-28(46)33(55-34-31(49)30(48)29(47)22(18-43)53-34)32(50)35(52-21)54-27-17-40(7)39(6)12-8-23-37(4,11-10-26(45)38(23,5)19-44)24(39)9-13-42(40)25-16-36(2,3)14-15-41(25,27)20-51-42/h9,13,21-35,43-50H,8,10-12,14-20H2,1-7H3/t21-,22+,23?,24?,25?,26-,27-,28+,29+,30-,31+,32-,33+,34-,35-,37-,38?,39+,40-,41?,42?/m0/s1. The monoisotopic (exact) mass is 780 g/mol. The highest BCUT2D eigenvalue weighted by atomic mass is 16.7. The molecule has 21 atom stereocenters. The minimum Gasteiger partial charge on any atom is -0.396 e. The van der Waals surface area contributed by atoms with Crippen LogP contribution in [0.25, 0.3) is 0 Å². The van der Waals surface area contributed by atoms with Gasteiger partial charge in [0.15, 0.2) is 12.6 Å². The summed E-state index contributed by atoms with van der Waals surface area (Å²) in [5, 5.41) is 86.4. The van der Waals surface area contributed by atoms with Crippen molar-refractivity contribution in [2.45, 2.75) is 179 Å². The van der Waals surface area contributed by atoms with Crippen molar-refractivity contribution in [2.75, 3.05) is 19.8 Å². The zero-order chi connectivity index (χ0) is 39.9. The Balaban J connectivity index is 1.14. The minimum atomic E-state index is -1.71. The average Bonchev–Trinajstić information content (AvgIpc) is 3.41. The van der Waals surface area contributed by atoms with Gasteiger partial charge in [-0.15, -0.1) is 0 Å². The fourth-order valence-corrected chi connectivity index (χ4v) is 14.2. The number of ether oxygens (including phenoxy) is 5. The van der Waals surface area contributed by atoms with Crippen LogP contribution in [0.1, 0.15) is 99.8 Å². The first-order chi connectivity index (χ1) is 25.7. The minimum absolute atomic E-state index is 0.0561. The van der Waals surface area contributed by atoms with Crippen LogP contribution in [0.4, 0.5) is 0 Å². The van der Waals surface area contributed by atoms with Crippen molar-refractivity contribution < 1.29 is 64.5 Å². The summed E-state index contributed by atoms with van der Waals surface area (Å²) in [5.41, 5.74) is -2.26. The summed E-state index contributed by atoms with van der Waals surface area (Å²) in [5.74, 6) is 0.416. The summed E-state index contributed by atoms with van der Waals surface area (Å²) in [6.07, 6.45) is -3.44.